The topological polar surface area (TPSA) is 100 Å². The molecule has 2 aliphatic rings. The van der Waals surface area contributed by atoms with Gasteiger partial charge in [-0.25, -0.2) is 4.79 Å². The second-order valence-corrected chi connectivity index (χ2v) is 11.7. The van der Waals surface area contributed by atoms with Gasteiger partial charge in [0.15, 0.2) is 6.29 Å². The van der Waals surface area contributed by atoms with Gasteiger partial charge in [-0.3, -0.25) is 5.32 Å². The van der Waals surface area contributed by atoms with Crippen molar-refractivity contribution < 1.29 is 29.2 Å². The van der Waals surface area contributed by atoms with Crippen molar-refractivity contribution in [3.63, 3.8) is 0 Å². The number of halogens is 1. The van der Waals surface area contributed by atoms with E-state index in [0.29, 0.717) is 30.1 Å². The van der Waals surface area contributed by atoms with Crippen LogP contribution in [0.2, 0.25) is 5.02 Å². The van der Waals surface area contributed by atoms with E-state index in [9.17, 15) is 15.0 Å². The highest BCUT2D eigenvalue weighted by molar-refractivity contribution is 6.30. The van der Waals surface area contributed by atoms with Crippen LogP contribution in [0.15, 0.2) is 85.5 Å². The van der Waals surface area contributed by atoms with E-state index in [1.54, 1.807) is 6.07 Å². The fourth-order valence-electron chi connectivity index (χ4n) is 5.79. The van der Waals surface area contributed by atoms with E-state index >= 15 is 0 Å². The lowest BCUT2D eigenvalue weighted by Gasteiger charge is -2.45. The van der Waals surface area contributed by atoms with Gasteiger partial charge in [-0.15, -0.1) is 0 Å². The Morgan fingerprint density at radius 1 is 1.09 bits per heavy atom. The molecule has 9 heteroatoms. The zero-order valence-corrected chi connectivity index (χ0v) is 25.1. The van der Waals surface area contributed by atoms with Crippen LogP contribution in [-0.4, -0.2) is 53.6 Å². The molecule has 2 aliphatic heterocycles. The zero-order valence-electron chi connectivity index (χ0n) is 24.3. The molecule has 0 spiro atoms. The molecule has 0 saturated carbocycles. The number of piperidine rings is 1. The van der Waals surface area contributed by atoms with Crippen molar-refractivity contribution in [2.75, 3.05) is 31.6 Å². The summed E-state index contributed by atoms with van der Waals surface area (Å²) in [5, 5.41) is 24.3. The van der Waals surface area contributed by atoms with Crippen molar-refractivity contribution in [2.24, 2.45) is 5.92 Å². The number of benzene rings is 3. The van der Waals surface area contributed by atoms with E-state index in [-0.39, 0.29) is 31.3 Å². The molecule has 4 atom stereocenters. The number of nitrogens with one attached hydrogen (secondary N) is 1. The Labute approximate surface area is 257 Å². The molecule has 5 rings (SSSR count). The highest BCUT2D eigenvalue weighted by atomic mass is 35.5. The van der Waals surface area contributed by atoms with Crippen LogP contribution >= 0.6 is 11.6 Å². The number of amides is 1. The van der Waals surface area contributed by atoms with Crippen LogP contribution < -0.4 is 5.32 Å². The molecule has 2 heterocycles. The summed E-state index contributed by atoms with van der Waals surface area (Å²) >= 11 is 6.07. The summed E-state index contributed by atoms with van der Waals surface area (Å²) < 4.78 is 18.3. The number of aliphatic hydroxyl groups is 2. The van der Waals surface area contributed by atoms with Gasteiger partial charge in [0.2, 0.25) is 0 Å². The molecule has 0 bridgehead atoms. The van der Waals surface area contributed by atoms with Gasteiger partial charge in [-0.1, -0.05) is 79.7 Å². The van der Waals surface area contributed by atoms with Gasteiger partial charge in [0.1, 0.15) is 6.61 Å². The number of anilines is 1. The van der Waals surface area contributed by atoms with Gasteiger partial charge in [-0.2, -0.15) is 0 Å². The SMILES string of the molecule is C=CCOC(=O)Nc1cccc([C@@H]2O[C@H](CN3CCC(O)(c4ccc(Cl)cc4)CC3)[C@H](C)[C@H](c3ccc(CO)cc3)O2)c1. The number of aliphatic hydroxyl groups excluding tert-OH is 1. The van der Waals surface area contributed by atoms with Gasteiger partial charge in [0.05, 0.1) is 24.4 Å². The second-order valence-electron chi connectivity index (χ2n) is 11.3. The Morgan fingerprint density at radius 3 is 2.49 bits per heavy atom. The lowest BCUT2D eigenvalue weighted by molar-refractivity contribution is -0.277. The van der Waals surface area contributed by atoms with Crippen molar-refractivity contribution >= 4 is 23.4 Å². The summed E-state index contributed by atoms with van der Waals surface area (Å²) in [5.74, 6) is 0.0171. The first-order valence-electron chi connectivity index (χ1n) is 14.6. The summed E-state index contributed by atoms with van der Waals surface area (Å²) in [7, 11) is 0. The molecule has 43 heavy (non-hydrogen) atoms. The monoisotopic (exact) mass is 606 g/mol. The molecular formula is C34H39ClN2O6. The Morgan fingerprint density at radius 2 is 1.81 bits per heavy atom. The van der Waals surface area contributed by atoms with E-state index in [1.165, 1.54) is 6.08 Å². The van der Waals surface area contributed by atoms with Gasteiger partial charge in [0, 0.05) is 41.8 Å². The third-order valence-corrected chi connectivity index (χ3v) is 8.62. The van der Waals surface area contributed by atoms with Gasteiger partial charge >= 0.3 is 6.09 Å². The molecule has 0 aliphatic carbocycles. The van der Waals surface area contributed by atoms with Crippen molar-refractivity contribution in [3.05, 3.63) is 113 Å². The summed E-state index contributed by atoms with van der Waals surface area (Å²) in [6.45, 7) is 7.90. The molecule has 1 amide bonds. The van der Waals surface area contributed by atoms with Crippen molar-refractivity contribution in [2.45, 2.75) is 50.5 Å². The Bertz CT molecular complexity index is 1370. The van der Waals surface area contributed by atoms with Gasteiger partial charge < -0.3 is 29.3 Å². The molecule has 228 valence electrons. The predicted octanol–water partition coefficient (Wildman–Crippen LogP) is 6.34. The second kappa shape index (κ2) is 14.0. The third kappa shape index (κ3) is 7.65. The van der Waals surface area contributed by atoms with Crippen LogP contribution in [0.4, 0.5) is 10.5 Å². The van der Waals surface area contributed by atoms with E-state index in [4.69, 9.17) is 25.8 Å². The van der Waals surface area contributed by atoms with Gasteiger partial charge in [0.25, 0.3) is 0 Å². The van der Waals surface area contributed by atoms with Crippen LogP contribution in [0, 0.1) is 5.92 Å². The molecule has 0 aromatic heterocycles. The maximum atomic E-state index is 12.1. The highest BCUT2D eigenvalue weighted by Crippen LogP contribution is 2.43. The summed E-state index contributed by atoms with van der Waals surface area (Å²) in [4.78, 5) is 14.5. The molecule has 3 N–H and O–H groups in total. The van der Waals surface area contributed by atoms with Crippen LogP contribution in [0.5, 0.6) is 0 Å². The molecule has 0 unspecified atom stereocenters. The Kier molecular flexibility index (Phi) is 10.2. The normalized spacial score (nSPS) is 23.8. The third-order valence-electron chi connectivity index (χ3n) is 8.36. The van der Waals surface area contributed by atoms with E-state index in [0.717, 1.165) is 35.3 Å². The minimum atomic E-state index is -0.886. The van der Waals surface area contributed by atoms with Crippen molar-refractivity contribution in [1.29, 1.82) is 0 Å². The minimum Gasteiger partial charge on any atom is -0.445 e. The summed E-state index contributed by atoms with van der Waals surface area (Å²) in [5.41, 5.74) is 3.17. The maximum Gasteiger partial charge on any atom is 0.411 e. The number of hydrogen-bond donors (Lipinski definition) is 3. The number of ether oxygens (including phenoxy) is 3. The van der Waals surface area contributed by atoms with Gasteiger partial charge in [-0.05, 0) is 53.8 Å². The van der Waals surface area contributed by atoms with Crippen LogP contribution in [0.3, 0.4) is 0 Å². The standard InChI is InChI=1S/C34H39ClN2O6/c1-3-19-41-33(39)36-29-6-4-5-26(20-29)32-42-30(23(2)31(43-32)25-9-7-24(22-38)8-10-25)21-37-17-15-34(40,16-18-37)27-11-13-28(35)14-12-27/h3-14,20,23,30-32,38,40H,1,15-19,21-22H2,2H3,(H,36,39)/t23-,30+,31+,32+/m0/s1. The van der Waals surface area contributed by atoms with Crippen LogP contribution in [-0.2, 0) is 26.4 Å². The van der Waals surface area contributed by atoms with Crippen LogP contribution in [0.1, 0.15) is 54.4 Å². The number of carbonyl (C=O) groups is 1. The Hall–Kier alpha value is -3.24. The van der Waals surface area contributed by atoms with E-state index in [2.05, 4.69) is 23.7 Å². The van der Waals surface area contributed by atoms with Crippen LogP contribution in [0.25, 0.3) is 0 Å². The molecule has 2 saturated heterocycles. The minimum absolute atomic E-state index is 0.0171. The van der Waals surface area contributed by atoms with E-state index in [1.807, 2.05) is 66.7 Å². The quantitative estimate of drug-likeness (QED) is 0.244. The first-order valence-corrected chi connectivity index (χ1v) is 15.0. The smallest absolute Gasteiger partial charge is 0.411 e. The summed E-state index contributed by atoms with van der Waals surface area (Å²) in [6.07, 6.45) is 1.05. The number of nitrogens with zero attached hydrogens (tertiary/aromatic N) is 1. The number of rotatable bonds is 9. The first-order chi connectivity index (χ1) is 20.8. The zero-order chi connectivity index (χ0) is 30.4. The lowest BCUT2D eigenvalue weighted by atomic mass is 9.84. The fourth-order valence-corrected chi connectivity index (χ4v) is 5.91. The van der Waals surface area contributed by atoms with E-state index < -0.39 is 18.0 Å². The highest BCUT2D eigenvalue weighted by Gasteiger charge is 2.41. The molecular weight excluding hydrogens is 568 g/mol. The Balaban J connectivity index is 1.33. The number of carbonyl (C=O) groups excluding carboxylic acids is 1. The molecule has 8 nitrogen and oxygen atoms in total. The lowest BCUT2D eigenvalue weighted by Crippen LogP contribution is -2.49. The molecule has 3 aromatic rings. The largest absolute Gasteiger partial charge is 0.445 e. The number of hydrogen-bond acceptors (Lipinski definition) is 7. The molecule has 3 aromatic carbocycles. The average molecular weight is 607 g/mol. The maximum absolute atomic E-state index is 12.1. The number of likely N-dealkylation sites (tertiary alicyclic amines) is 1. The predicted molar refractivity (Wildman–Crippen MR) is 166 cm³/mol. The molecule has 2 fully saturated rings. The molecule has 0 radical (unpaired) electrons. The average Bonchev–Trinajstić information content (AvgIpc) is 3.02. The fraction of sp³-hybridized carbons (Fsp3) is 0.382. The van der Waals surface area contributed by atoms with Crippen molar-refractivity contribution in [1.82, 2.24) is 4.90 Å². The summed E-state index contributed by atoms with van der Waals surface area (Å²) in [6, 6.07) is 22.6. The van der Waals surface area contributed by atoms with Crippen molar-refractivity contribution in [3.8, 4) is 0 Å². The first kappa shape index (κ1) is 31.2.